The highest BCUT2D eigenvalue weighted by atomic mass is 16.2. The molecule has 1 atom stereocenters. The van der Waals surface area contributed by atoms with Crippen molar-refractivity contribution in [2.45, 2.75) is 25.6 Å². The van der Waals surface area contributed by atoms with E-state index in [-0.39, 0.29) is 11.9 Å². The van der Waals surface area contributed by atoms with Crippen LogP contribution in [-0.2, 0) is 17.9 Å². The maximum atomic E-state index is 12.7. The molecule has 1 aromatic carbocycles. The third-order valence-corrected chi connectivity index (χ3v) is 4.29. The van der Waals surface area contributed by atoms with E-state index in [1.165, 1.54) is 5.56 Å². The number of carbonyl (C=O) groups excluding carboxylic acids is 1. The number of aromatic nitrogens is 1. The van der Waals surface area contributed by atoms with Crippen molar-refractivity contribution in [2.24, 2.45) is 0 Å². The number of nitrogens with two attached hydrogens (primary N) is 1. The van der Waals surface area contributed by atoms with Gasteiger partial charge in [0.05, 0.1) is 6.04 Å². The van der Waals surface area contributed by atoms with Gasteiger partial charge in [-0.05, 0) is 36.7 Å². The van der Waals surface area contributed by atoms with E-state index in [1.54, 1.807) is 6.20 Å². The number of amides is 1. The van der Waals surface area contributed by atoms with Gasteiger partial charge in [0.2, 0.25) is 5.91 Å². The highest BCUT2D eigenvalue weighted by molar-refractivity contribution is 5.83. The third-order valence-electron chi connectivity index (χ3n) is 4.29. The van der Waals surface area contributed by atoms with Gasteiger partial charge in [0.25, 0.3) is 0 Å². The largest absolute Gasteiger partial charge is 0.384 e. The van der Waals surface area contributed by atoms with Gasteiger partial charge < -0.3 is 10.6 Å². The Balaban J connectivity index is 1.62. The first kappa shape index (κ1) is 15.5. The summed E-state index contributed by atoms with van der Waals surface area (Å²) in [6.07, 6.45) is 2.57. The summed E-state index contributed by atoms with van der Waals surface area (Å²) in [4.78, 5) is 20.7. The topological polar surface area (TPSA) is 62.5 Å². The minimum atomic E-state index is -0.0619. The average Bonchev–Trinajstić information content (AvgIpc) is 2.89. The zero-order chi connectivity index (χ0) is 16.2. The third kappa shape index (κ3) is 3.68. The van der Waals surface area contributed by atoms with Crippen LogP contribution < -0.4 is 5.73 Å². The van der Waals surface area contributed by atoms with E-state index in [4.69, 9.17) is 5.73 Å². The van der Waals surface area contributed by atoms with Crippen molar-refractivity contribution in [3.05, 3.63) is 59.8 Å². The summed E-state index contributed by atoms with van der Waals surface area (Å²) >= 11 is 0. The van der Waals surface area contributed by atoms with Crippen molar-refractivity contribution in [2.75, 3.05) is 19.3 Å². The Hall–Kier alpha value is -2.40. The van der Waals surface area contributed by atoms with Gasteiger partial charge in [0.15, 0.2) is 0 Å². The molecular formula is C18H22N4O. The Morgan fingerprint density at radius 1 is 1.26 bits per heavy atom. The van der Waals surface area contributed by atoms with Gasteiger partial charge in [-0.3, -0.25) is 9.69 Å². The summed E-state index contributed by atoms with van der Waals surface area (Å²) in [6, 6.07) is 13.9. The minimum absolute atomic E-state index is 0.0619. The second kappa shape index (κ2) is 6.79. The first-order chi connectivity index (χ1) is 11.1. The van der Waals surface area contributed by atoms with Crippen LogP contribution in [0.25, 0.3) is 0 Å². The number of pyridine rings is 1. The molecule has 0 saturated carbocycles. The summed E-state index contributed by atoms with van der Waals surface area (Å²) in [6.45, 7) is 2.19. The van der Waals surface area contributed by atoms with Crippen LogP contribution in [-0.4, -0.2) is 40.3 Å². The fraction of sp³-hybridized carbons (Fsp3) is 0.333. The summed E-state index contributed by atoms with van der Waals surface area (Å²) in [7, 11) is 1.99. The number of benzene rings is 1. The molecule has 1 aliphatic rings. The molecule has 2 aromatic rings. The Kier molecular flexibility index (Phi) is 4.57. The smallest absolute Gasteiger partial charge is 0.240 e. The fourth-order valence-electron chi connectivity index (χ4n) is 3.08. The molecule has 2 N–H and O–H groups in total. The zero-order valence-corrected chi connectivity index (χ0v) is 13.4. The summed E-state index contributed by atoms with van der Waals surface area (Å²) in [5, 5.41) is 0. The van der Waals surface area contributed by atoms with Gasteiger partial charge in [-0.25, -0.2) is 4.98 Å². The van der Waals surface area contributed by atoms with Crippen LogP contribution in [0, 0.1) is 0 Å². The number of hydrogen-bond donors (Lipinski definition) is 1. The predicted molar refractivity (Wildman–Crippen MR) is 90.4 cm³/mol. The molecule has 1 aromatic heterocycles. The van der Waals surface area contributed by atoms with Crippen molar-refractivity contribution in [3.63, 3.8) is 0 Å². The van der Waals surface area contributed by atoms with Crippen molar-refractivity contribution in [1.82, 2.24) is 14.8 Å². The molecule has 0 bridgehead atoms. The molecule has 23 heavy (non-hydrogen) atoms. The van der Waals surface area contributed by atoms with Crippen LogP contribution >= 0.6 is 0 Å². The molecule has 5 heteroatoms. The average molecular weight is 310 g/mol. The molecule has 0 radical (unpaired) electrons. The lowest BCUT2D eigenvalue weighted by Crippen LogP contribution is -2.39. The van der Waals surface area contributed by atoms with Crippen LogP contribution in [0.1, 0.15) is 17.5 Å². The van der Waals surface area contributed by atoms with E-state index in [0.717, 1.165) is 18.5 Å². The summed E-state index contributed by atoms with van der Waals surface area (Å²) in [5.41, 5.74) is 7.97. The maximum absolute atomic E-state index is 12.7. The SMILES string of the molecule is CN(Cc1ccnc(N)c1)C1CCN(Cc2ccccc2)C1=O. The minimum Gasteiger partial charge on any atom is -0.384 e. The van der Waals surface area contributed by atoms with Crippen molar-refractivity contribution in [3.8, 4) is 0 Å². The second-order valence-electron chi connectivity index (χ2n) is 6.05. The van der Waals surface area contributed by atoms with E-state index in [0.29, 0.717) is 18.9 Å². The zero-order valence-electron chi connectivity index (χ0n) is 13.4. The molecule has 2 heterocycles. The van der Waals surface area contributed by atoms with Crippen molar-refractivity contribution in [1.29, 1.82) is 0 Å². The molecule has 1 fully saturated rings. The lowest BCUT2D eigenvalue weighted by molar-refractivity contribution is -0.132. The van der Waals surface area contributed by atoms with Gasteiger partial charge in [-0.2, -0.15) is 0 Å². The van der Waals surface area contributed by atoms with Crippen LogP contribution in [0.2, 0.25) is 0 Å². The molecule has 1 amide bonds. The maximum Gasteiger partial charge on any atom is 0.240 e. The number of likely N-dealkylation sites (N-methyl/N-ethyl adjacent to an activating group) is 1. The molecule has 1 aliphatic heterocycles. The van der Waals surface area contributed by atoms with Gasteiger partial charge in [0, 0.05) is 25.8 Å². The van der Waals surface area contributed by atoms with Crippen LogP contribution in [0.5, 0.6) is 0 Å². The molecule has 3 rings (SSSR count). The van der Waals surface area contributed by atoms with Crippen LogP contribution in [0.4, 0.5) is 5.82 Å². The molecule has 0 aliphatic carbocycles. The lowest BCUT2D eigenvalue weighted by atomic mass is 10.2. The number of hydrogen-bond acceptors (Lipinski definition) is 4. The van der Waals surface area contributed by atoms with E-state index in [2.05, 4.69) is 22.0 Å². The summed E-state index contributed by atoms with van der Waals surface area (Å²) in [5.74, 6) is 0.720. The standard InChI is InChI=1S/C18H22N4O/c1-21(12-15-7-9-20-17(19)11-15)16-8-10-22(18(16)23)13-14-5-3-2-4-6-14/h2-7,9,11,16H,8,10,12-13H2,1H3,(H2,19,20). The molecule has 1 unspecified atom stereocenters. The molecular weight excluding hydrogens is 288 g/mol. The van der Waals surface area contributed by atoms with E-state index >= 15 is 0 Å². The molecule has 1 saturated heterocycles. The number of carbonyl (C=O) groups is 1. The monoisotopic (exact) mass is 310 g/mol. The molecule has 0 spiro atoms. The summed E-state index contributed by atoms with van der Waals surface area (Å²) < 4.78 is 0. The lowest BCUT2D eigenvalue weighted by Gasteiger charge is -2.24. The van der Waals surface area contributed by atoms with Gasteiger partial charge >= 0.3 is 0 Å². The van der Waals surface area contributed by atoms with E-state index < -0.39 is 0 Å². The second-order valence-corrected chi connectivity index (χ2v) is 6.05. The van der Waals surface area contributed by atoms with Crippen molar-refractivity contribution >= 4 is 11.7 Å². The molecule has 120 valence electrons. The van der Waals surface area contributed by atoms with Crippen LogP contribution in [0.3, 0.4) is 0 Å². The Morgan fingerprint density at radius 3 is 2.78 bits per heavy atom. The van der Waals surface area contributed by atoms with Gasteiger partial charge in [-0.15, -0.1) is 0 Å². The Morgan fingerprint density at radius 2 is 2.04 bits per heavy atom. The van der Waals surface area contributed by atoms with E-state index in [9.17, 15) is 4.79 Å². The Bertz CT molecular complexity index is 674. The fourth-order valence-corrected chi connectivity index (χ4v) is 3.08. The number of nitrogen functional groups attached to an aromatic ring is 1. The number of anilines is 1. The van der Waals surface area contributed by atoms with Gasteiger partial charge in [0.1, 0.15) is 5.82 Å². The highest BCUT2D eigenvalue weighted by Gasteiger charge is 2.34. The number of rotatable bonds is 5. The predicted octanol–water partition coefficient (Wildman–Crippen LogP) is 1.90. The number of nitrogens with zero attached hydrogens (tertiary/aromatic N) is 3. The van der Waals surface area contributed by atoms with E-state index in [1.807, 2.05) is 42.3 Å². The van der Waals surface area contributed by atoms with Crippen molar-refractivity contribution < 1.29 is 4.79 Å². The Labute approximate surface area is 136 Å². The normalized spacial score (nSPS) is 17.9. The first-order valence-corrected chi connectivity index (χ1v) is 7.87. The quantitative estimate of drug-likeness (QED) is 0.916. The first-order valence-electron chi connectivity index (χ1n) is 7.87. The molecule has 5 nitrogen and oxygen atoms in total. The highest BCUT2D eigenvalue weighted by Crippen LogP contribution is 2.20. The van der Waals surface area contributed by atoms with Crippen LogP contribution in [0.15, 0.2) is 48.7 Å². The van der Waals surface area contributed by atoms with Gasteiger partial charge in [-0.1, -0.05) is 30.3 Å². The number of likely N-dealkylation sites (tertiary alicyclic amines) is 1.